The van der Waals surface area contributed by atoms with E-state index in [2.05, 4.69) is 26.1 Å². The monoisotopic (exact) mass is 474 g/mol. The molecule has 9 heteroatoms. The number of para-hydroxylation sites is 1. The highest BCUT2D eigenvalue weighted by atomic mass is 79.9. The largest absolute Gasteiger partial charge is 0.493 e. The second-order valence-corrected chi connectivity index (χ2v) is 7.14. The molecule has 0 unspecified atom stereocenters. The number of rotatable bonds is 6. The first-order chi connectivity index (χ1) is 14.3. The van der Waals surface area contributed by atoms with Gasteiger partial charge in [-0.1, -0.05) is 34.1 Å². The summed E-state index contributed by atoms with van der Waals surface area (Å²) in [5, 5.41) is 1.19. The van der Waals surface area contributed by atoms with Gasteiger partial charge in [-0.3, -0.25) is 15.0 Å². The molecule has 1 heterocycles. The molecule has 156 valence electrons. The van der Waals surface area contributed by atoms with Gasteiger partial charge in [-0.05, 0) is 42.8 Å². The summed E-state index contributed by atoms with van der Waals surface area (Å²) < 4.78 is 16.1. The quantitative estimate of drug-likeness (QED) is 0.393. The Hall–Kier alpha value is -3.33. The fourth-order valence-corrected chi connectivity index (χ4v) is 3.23. The van der Waals surface area contributed by atoms with Crippen molar-refractivity contribution in [3.05, 3.63) is 58.1 Å². The molecule has 0 saturated carbocycles. The standard InChI is InChI=1S/C21H19BrN2O6/c1-12(21(27)29-3)30-18-11-16(22)13(10-17(18)28-2)9-15-19(25)23-24(20(15)26)14-7-5-4-6-8-14/h4-12H,1-3H3,(H,23,25)/b15-9-/t12-/m1/s1. The number of hydrogen-bond donors (Lipinski definition) is 1. The average Bonchev–Trinajstić information content (AvgIpc) is 3.03. The Balaban J connectivity index is 1.92. The molecule has 8 nitrogen and oxygen atoms in total. The van der Waals surface area contributed by atoms with Crippen molar-refractivity contribution in [2.75, 3.05) is 19.2 Å². The lowest BCUT2D eigenvalue weighted by Gasteiger charge is -2.16. The first-order valence-corrected chi connectivity index (χ1v) is 9.69. The molecule has 1 saturated heterocycles. The lowest BCUT2D eigenvalue weighted by Crippen LogP contribution is -2.35. The highest BCUT2D eigenvalue weighted by molar-refractivity contribution is 9.10. The molecule has 30 heavy (non-hydrogen) atoms. The summed E-state index contributed by atoms with van der Waals surface area (Å²) in [7, 11) is 2.72. The molecular formula is C21H19BrN2O6. The number of hydrazine groups is 1. The normalized spacial score (nSPS) is 15.7. The van der Waals surface area contributed by atoms with Crippen molar-refractivity contribution in [2.45, 2.75) is 13.0 Å². The first kappa shape index (κ1) is 21.4. The molecule has 2 aromatic rings. The Kier molecular flexibility index (Phi) is 6.41. The maximum Gasteiger partial charge on any atom is 0.346 e. The van der Waals surface area contributed by atoms with Gasteiger partial charge in [0.25, 0.3) is 11.8 Å². The molecule has 1 fully saturated rings. The number of esters is 1. The van der Waals surface area contributed by atoms with E-state index >= 15 is 0 Å². The van der Waals surface area contributed by atoms with Crippen molar-refractivity contribution in [1.29, 1.82) is 0 Å². The Morgan fingerprint density at radius 1 is 1.13 bits per heavy atom. The molecule has 0 spiro atoms. The average molecular weight is 475 g/mol. The van der Waals surface area contributed by atoms with E-state index in [1.165, 1.54) is 25.3 Å². The molecule has 0 aromatic heterocycles. The van der Waals surface area contributed by atoms with E-state index in [1.54, 1.807) is 43.3 Å². The van der Waals surface area contributed by atoms with Gasteiger partial charge in [0.1, 0.15) is 5.57 Å². The van der Waals surface area contributed by atoms with Gasteiger partial charge in [0.05, 0.1) is 19.9 Å². The predicted octanol–water partition coefficient (Wildman–Crippen LogP) is 2.86. The van der Waals surface area contributed by atoms with Crippen molar-refractivity contribution < 1.29 is 28.6 Å². The minimum Gasteiger partial charge on any atom is -0.493 e. The second kappa shape index (κ2) is 9.00. The van der Waals surface area contributed by atoms with Gasteiger partial charge in [0.15, 0.2) is 17.6 Å². The smallest absolute Gasteiger partial charge is 0.346 e. The van der Waals surface area contributed by atoms with Crippen molar-refractivity contribution in [2.24, 2.45) is 0 Å². The van der Waals surface area contributed by atoms with Crippen LogP contribution in [0.25, 0.3) is 6.08 Å². The minimum absolute atomic E-state index is 0.0294. The molecule has 0 radical (unpaired) electrons. The Labute approximate surface area is 181 Å². The number of nitrogens with zero attached hydrogens (tertiary/aromatic N) is 1. The van der Waals surface area contributed by atoms with Crippen LogP contribution in [0.4, 0.5) is 5.69 Å². The Morgan fingerprint density at radius 3 is 2.47 bits per heavy atom. The van der Waals surface area contributed by atoms with E-state index in [-0.39, 0.29) is 5.57 Å². The van der Waals surface area contributed by atoms with Gasteiger partial charge in [0, 0.05) is 4.47 Å². The van der Waals surface area contributed by atoms with Gasteiger partial charge < -0.3 is 14.2 Å². The Morgan fingerprint density at radius 2 is 1.83 bits per heavy atom. The van der Waals surface area contributed by atoms with Crippen LogP contribution >= 0.6 is 15.9 Å². The number of anilines is 1. The van der Waals surface area contributed by atoms with Gasteiger partial charge in [-0.2, -0.15) is 0 Å². The molecule has 1 N–H and O–H groups in total. The summed E-state index contributed by atoms with van der Waals surface area (Å²) in [5.74, 6) is -0.899. The number of nitrogens with one attached hydrogen (secondary N) is 1. The van der Waals surface area contributed by atoms with Crippen LogP contribution in [0.15, 0.2) is 52.5 Å². The van der Waals surface area contributed by atoms with Gasteiger partial charge in [-0.15, -0.1) is 0 Å². The molecule has 1 aliphatic heterocycles. The van der Waals surface area contributed by atoms with Gasteiger partial charge >= 0.3 is 5.97 Å². The third-order valence-electron chi connectivity index (χ3n) is 4.33. The minimum atomic E-state index is -0.846. The van der Waals surface area contributed by atoms with Crippen LogP contribution < -0.4 is 19.9 Å². The summed E-state index contributed by atoms with van der Waals surface area (Å²) in [6, 6.07) is 12.0. The maximum absolute atomic E-state index is 12.8. The number of ether oxygens (including phenoxy) is 3. The molecule has 0 bridgehead atoms. The van der Waals surface area contributed by atoms with Crippen molar-refractivity contribution >= 4 is 45.5 Å². The van der Waals surface area contributed by atoms with E-state index in [0.717, 1.165) is 0 Å². The van der Waals surface area contributed by atoms with E-state index in [0.29, 0.717) is 27.2 Å². The number of carbonyl (C=O) groups excluding carboxylic acids is 3. The summed E-state index contributed by atoms with van der Waals surface area (Å²) in [4.78, 5) is 36.8. The summed E-state index contributed by atoms with van der Waals surface area (Å²) in [5.41, 5.74) is 3.60. The van der Waals surface area contributed by atoms with Crippen LogP contribution in [-0.4, -0.2) is 38.1 Å². The molecule has 2 amide bonds. The second-order valence-electron chi connectivity index (χ2n) is 6.28. The van der Waals surface area contributed by atoms with Crippen LogP contribution in [0.1, 0.15) is 12.5 Å². The molecule has 2 aromatic carbocycles. The number of hydrogen-bond acceptors (Lipinski definition) is 6. The van der Waals surface area contributed by atoms with E-state index < -0.39 is 23.9 Å². The number of methoxy groups -OCH3 is 2. The predicted molar refractivity (Wildman–Crippen MR) is 113 cm³/mol. The van der Waals surface area contributed by atoms with Crippen LogP contribution in [-0.2, 0) is 19.1 Å². The number of halogens is 1. The molecular weight excluding hydrogens is 456 g/mol. The number of carbonyl (C=O) groups is 3. The van der Waals surface area contributed by atoms with Crippen LogP contribution in [0.3, 0.4) is 0 Å². The van der Waals surface area contributed by atoms with Crippen molar-refractivity contribution in [1.82, 2.24) is 5.43 Å². The fraction of sp³-hybridized carbons (Fsp3) is 0.190. The number of benzene rings is 2. The molecule has 1 atom stereocenters. The van der Waals surface area contributed by atoms with E-state index in [4.69, 9.17) is 9.47 Å². The molecule has 3 rings (SSSR count). The van der Waals surface area contributed by atoms with Crippen molar-refractivity contribution in [3.8, 4) is 11.5 Å². The third-order valence-corrected chi connectivity index (χ3v) is 5.01. The molecule has 0 aliphatic carbocycles. The summed E-state index contributed by atoms with van der Waals surface area (Å²) in [6.07, 6.45) is 0.613. The fourth-order valence-electron chi connectivity index (χ4n) is 2.79. The SMILES string of the molecule is COC(=O)[C@@H](C)Oc1cc(Br)c(/C=C2/C(=O)NN(c3ccccc3)C2=O)cc1OC. The highest BCUT2D eigenvalue weighted by Gasteiger charge is 2.34. The third kappa shape index (κ3) is 4.30. The van der Waals surface area contributed by atoms with E-state index in [9.17, 15) is 14.4 Å². The number of amides is 2. The summed E-state index contributed by atoms with van der Waals surface area (Å²) in [6.45, 7) is 1.55. The van der Waals surface area contributed by atoms with Crippen molar-refractivity contribution in [3.63, 3.8) is 0 Å². The van der Waals surface area contributed by atoms with Crippen LogP contribution in [0, 0.1) is 0 Å². The zero-order valence-electron chi connectivity index (χ0n) is 16.5. The van der Waals surface area contributed by atoms with E-state index in [1.807, 2.05) is 6.07 Å². The van der Waals surface area contributed by atoms with Crippen LogP contribution in [0.2, 0.25) is 0 Å². The first-order valence-electron chi connectivity index (χ1n) is 8.90. The lowest BCUT2D eigenvalue weighted by atomic mass is 10.1. The van der Waals surface area contributed by atoms with Crippen LogP contribution in [0.5, 0.6) is 11.5 Å². The topological polar surface area (TPSA) is 94.2 Å². The summed E-state index contributed by atoms with van der Waals surface area (Å²) >= 11 is 3.41. The Bertz CT molecular complexity index is 1020. The van der Waals surface area contributed by atoms with Gasteiger partial charge in [-0.25, -0.2) is 9.80 Å². The maximum atomic E-state index is 12.8. The zero-order chi connectivity index (χ0) is 21.8. The zero-order valence-corrected chi connectivity index (χ0v) is 18.1. The van der Waals surface area contributed by atoms with Gasteiger partial charge in [0.2, 0.25) is 0 Å². The molecule has 1 aliphatic rings. The lowest BCUT2D eigenvalue weighted by molar-refractivity contribution is -0.148. The highest BCUT2D eigenvalue weighted by Crippen LogP contribution is 2.36.